The van der Waals surface area contributed by atoms with Crippen molar-refractivity contribution in [1.82, 2.24) is 19.7 Å². The molecule has 1 aromatic heterocycles. The van der Waals surface area contributed by atoms with Crippen LogP contribution in [-0.4, -0.2) is 44.4 Å². The van der Waals surface area contributed by atoms with Gasteiger partial charge in [-0.05, 0) is 12.8 Å². The third-order valence-electron chi connectivity index (χ3n) is 4.37. The Morgan fingerprint density at radius 1 is 1.08 bits per heavy atom. The second-order valence-electron chi connectivity index (χ2n) is 6.12. The highest BCUT2D eigenvalue weighted by molar-refractivity contribution is 7.99. The van der Waals surface area contributed by atoms with Crippen LogP contribution in [0.3, 0.4) is 0 Å². The van der Waals surface area contributed by atoms with Gasteiger partial charge in [-0.15, -0.1) is 10.2 Å². The fourth-order valence-corrected chi connectivity index (χ4v) is 3.82. The Hall–Kier alpha value is -1.82. The van der Waals surface area contributed by atoms with Crippen LogP contribution in [0.1, 0.15) is 32.1 Å². The fraction of sp³-hybridized carbons (Fsp3) is 0.500. The van der Waals surface area contributed by atoms with Crippen LogP contribution in [0, 0.1) is 0 Å². The first kappa shape index (κ1) is 17.0. The van der Waals surface area contributed by atoms with Crippen LogP contribution in [0.5, 0.6) is 0 Å². The van der Waals surface area contributed by atoms with Crippen LogP contribution in [0.4, 0.5) is 0 Å². The predicted octanol–water partition coefficient (Wildman–Crippen LogP) is 3.37. The summed E-state index contributed by atoms with van der Waals surface area (Å²) < 4.78 is 2.00. The van der Waals surface area contributed by atoms with E-state index in [1.54, 1.807) is 11.8 Å². The van der Waals surface area contributed by atoms with Gasteiger partial charge in [-0.2, -0.15) is 0 Å². The summed E-state index contributed by atoms with van der Waals surface area (Å²) in [6, 6.07) is 10.0. The highest BCUT2D eigenvalue weighted by atomic mass is 32.2. The van der Waals surface area contributed by atoms with E-state index in [0.717, 1.165) is 48.2 Å². The molecule has 0 radical (unpaired) electrons. The van der Waals surface area contributed by atoms with Crippen molar-refractivity contribution in [1.29, 1.82) is 0 Å². The molecule has 0 aliphatic carbocycles. The molecule has 0 bridgehead atoms. The molecule has 3 rings (SSSR count). The normalized spacial score (nSPS) is 15.3. The van der Waals surface area contributed by atoms with E-state index in [9.17, 15) is 4.79 Å². The van der Waals surface area contributed by atoms with Crippen molar-refractivity contribution < 1.29 is 4.79 Å². The lowest BCUT2D eigenvalue weighted by Crippen LogP contribution is -2.31. The molecule has 1 aromatic carbocycles. The minimum absolute atomic E-state index is 0.273. The number of rotatable bonds is 5. The van der Waals surface area contributed by atoms with Gasteiger partial charge in [0.15, 0.2) is 11.0 Å². The molecule has 24 heavy (non-hydrogen) atoms. The van der Waals surface area contributed by atoms with Gasteiger partial charge in [0.1, 0.15) is 0 Å². The number of likely N-dealkylation sites (tertiary alicyclic amines) is 1. The zero-order chi connectivity index (χ0) is 16.8. The van der Waals surface area contributed by atoms with Gasteiger partial charge in [-0.3, -0.25) is 4.79 Å². The molecule has 0 unspecified atom stereocenters. The molecule has 0 N–H and O–H groups in total. The molecule has 1 aliphatic heterocycles. The van der Waals surface area contributed by atoms with Crippen molar-refractivity contribution in [3.05, 3.63) is 30.3 Å². The zero-order valence-electron chi connectivity index (χ0n) is 14.1. The third-order valence-corrected chi connectivity index (χ3v) is 5.39. The summed E-state index contributed by atoms with van der Waals surface area (Å²) >= 11 is 1.60. The van der Waals surface area contributed by atoms with E-state index in [0.29, 0.717) is 6.42 Å². The molecule has 1 aliphatic rings. The second-order valence-corrected chi connectivity index (χ2v) is 7.19. The highest BCUT2D eigenvalue weighted by Gasteiger charge is 2.16. The Kier molecular flexibility index (Phi) is 5.91. The molecule has 0 atom stereocenters. The minimum Gasteiger partial charge on any atom is -0.343 e. The zero-order valence-corrected chi connectivity index (χ0v) is 15.0. The number of thioether (sulfide) groups is 1. The average molecular weight is 344 g/mol. The van der Waals surface area contributed by atoms with E-state index in [1.165, 1.54) is 12.8 Å². The summed E-state index contributed by atoms with van der Waals surface area (Å²) in [5, 5.41) is 9.41. The smallest absolute Gasteiger partial charge is 0.223 e. The molecule has 6 heteroatoms. The molecular formula is C18H24N4OS. The number of nitrogens with zero attached hydrogens (tertiary/aromatic N) is 4. The predicted molar refractivity (Wildman–Crippen MR) is 96.8 cm³/mol. The summed E-state index contributed by atoms with van der Waals surface area (Å²) in [7, 11) is 1.97. The number of hydrogen-bond acceptors (Lipinski definition) is 4. The Labute approximate surface area is 147 Å². The maximum absolute atomic E-state index is 12.3. The van der Waals surface area contributed by atoms with Crippen LogP contribution in [0.25, 0.3) is 11.4 Å². The lowest BCUT2D eigenvalue weighted by molar-refractivity contribution is -0.130. The van der Waals surface area contributed by atoms with E-state index < -0.39 is 0 Å². The monoisotopic (exact) mass is 344 g/mol. The van der Waals surface area contributed by atoms with Crippen molar-refractivity contribution in [2.24, 2.45) is 7.05 Å². The summed E-state index contributed by atoms with van der Waals surface area (Å²) in [4.78, 5) is 14.3. The molecule has 1 amide bonds. The minimum atomic E-state index is 0.273. The molecule has 2 aromatic rings. The van der Waals surface area contributed by atoms with Crippen LogP contribution in [-0.2, 0) is 11.8 Å². The van der Waals surface area contributed by atoms with E-state index in [1.807, 2.05) is 46.8 Å². The van der Waals surface area contributed by atoms with Crippen LogP contribution in [0.15, 0.2) is 35.5 Å². The van der Waals surface area contributed by atoms with Gasteiger partial charge in [-0.1, -0.05) is 54.9 Å². The van der Waals surface area contributed by atoms with Gasteiger partial charge < -0.3 is 9.47 Å². The maximum atomic E-state index is 12.3. The highest BCUT2D eigenvalue weighted by Crippen LogP contribution is 2.23. The Bertz CT molecular complexity index is 663. The summed E-state index contributed by atoms with van der Waals surface area (Å²) in [5.41, 5.74) is 1.06. The second kappa shape index (κ2) is 8.33. The number of benzene rings is 1. The summed E-state index contributed by atoms with van der Waals surface area (Å²) in [6.45, 7) is 1.84. The molecule has 0 saturated carbocycles. The first-order chi connectivity index (χ1) is 11.8. The summed E-state index contributed by atoms with van der Waals surface area (Å²) in [6.07, 6.45) is 5.35. The molecule has 128 valence electrons. The van der Waals surface area contributed by atoms with Crippen molar-refractivity contribution in [3.63, 3.8) is 0 Å². The molecule has 5 nitrogen and oxygen atoms in total. The average Bonchev–Trinajstić information content (AvgIpc) is 2.81. The Morgan fingerprint density at radius 3 is 2.50 bits per heavy atom. The molecule has 1 saturated heterocycles. The third kappa shape index (κ3) is 4.17. The SMILES string of the molecule is Cn1c(SCCC(=O)N2CCCCCC2)nnc1-c1ccccc1. The Balaban J connectivity index is 1.54. The standard InChI is InChI=1S/C18H24N4OS/c1-21-17(15-9-5-4-6-10-15)19-20-18(21)24-14-11-16(23)22-12-7-2-3-8-13-22/h4-6,9-10H,2-3,7-8,11-14H2,1H3. The molecular weight excluding hydrogens is 320 g/mol. The van der Waals surface area contributed by atoms with Crippen molar-refractivity contribution in [2.45, 2.75) is 37.3 Å². The van der Waals surface area contributed by atoms with Crippen molar-refractivity contribution >= 4 is 17.7 Å². The topological polar surface area (TPSA) is 51.0 Å². The van der Waals surface area contributed by atoms with Crippen LogP contribution < -0.4 is 0 Å². The van der Waals surface area contributed by atoms with Gasteiger partial charge in [-0.25, -0.2) is 0 Å². The van der Waals surface area contributed by atoms with Gasteiger partial charge in [0.2, 0.25) is 5.91 Å². The number of carbonyl (C=O) groups is 1. The number of hydrogen-bond donors (Lipinski definition) is 0. The molecule has 1 fully saturated rings. The number of amides is 1. The van der Waals surface area contributed by atoms with Crippen molar-refractivity contribution in [3.8, 4) is 11.4 Å². The lowest BCUT2D eigenvalue weighted by Gasteiger charge is -2.19. The van der Waals surface area contributed by atoms with Crippen LogP contribution in [0.2, 0.25) is 0 Å². The first-order valence-electron chi connectivity index (χ1n) is 8.61. The summed E-state index contributed by atoms with van der Waals surface area (Å²) in [5.74, 6) is 1.88. The van der Waals surface area contributed by atoms with E-state index in [-0.39, 0.29) is 5.91 Å². The van der Waals surface area contributed by atoms with Crippen LogP contribution >= 0.6 is 11.8 Å². The van der Waals surface area contributed by atoms with Gasteiger partial charge in [0, 0.05) is 37.9 Å². The number of aromatic nitrogens is 3. The Morgan fingerprint density at radius 2 is 1.79 bits per heavy atom. The molecule has 2 heterocycles. The van der Waals surface area contributed by atoms with E-state index in [4.69, 9.17) is 0 Å². The molecule has 0 spiro atoms. The van der Waals surface area contributed by atoms with E-state index >= 15 is 0 Å². The lowest BCUT2D eigenvalue weighted by atomic mass is 10.2. The van der Waals surface area contributed by atoms with Gasteiger partial charge in [0.25, 0.3) is 0 Å². The maximum Gasteiger partial charge on any atom is 0.223 e. The fourth-order valence-electron chi connectivity index (χ4n) is 2.99. The van der Waals surface area contributed by atoms with E-state index in [2.05, 4.69) is 10.2 Å². The van der Waals surface area contributed by atoms with Crippen molar-refractivity contribution in [2.75, 3.05) is 18.8 Å². The number of carbonyl (C=O) groups excluding carboxylic acids is 1. The van der Waals surface area contributed by atoms with Gasteiger partial charge >= 0.3 is 0 Å². The van der Waals surface area contributed by atoms with Gasteiger partial charge in [0.05, 0.1) is 0 Å². The quantitative estimate of drug-likeness (QED) is 0.781. The largest absolute Gasteiger partial charge is 0.343 e. The first-order valence-corrected chi connectivity index (χ1v) is 9.59.